The fourth-order valence-corrected chi connectivity index (χ4v) is 3.92. The molecule has 0 fully saturated rings. The maximum Gasteiger partial charge on any atom is 0.294 e. The third-order valence-electron chi connectivity index (χ3n) is 3.83. The molecule has 3 rings (SSSR count). The van der Waals surface area contributed by atoms with Gasteiger partial charge in [-0.3, -0.25) is 14.4 Å². The predicted molar refractivity (Wildman–Crippen MR) is 86.8 cm³/mol. The van der Waals surface area contributed by atoms with Crippen molar-refractivity contribution < 1.29 is 18.9 Å². The molecular formula is C15H16N4O4S. The molecule has 2 aromatic rings. The number of primary amides is 1. The molecule has 0 radical (unpaired) electrons. The number of aromatic nitrogens is 1. The van der Waals surface area contributed by atoms with Crippen molar-refractivity contribution in [3.05, 3.63) is 33.5 Å². The zero-order valence-electron chi connectivity index (χ0n) is 13.2. The van der Waals surface area contributed by atoms with Crippen LogP contribution in [0.1, 0.15) is 44.0 Å². The highest BCUT2D eigenvalue weighted by Gasteiger charge is 2.29. The van der Waals surface area contributed by atoms with Crippen LogP contribution >= 0.6 is 11.3 Å². The number of carbonyl (C=O) groups is 3. The summed E-state index contributed by atoms with van der Waals surface area (Å²) in [6.07, 6.45) is 0.529. The molecule has 9 heteroatoms. The van der Waals surface area contributed by atoms with Crippen LogP contribution in [0.2, 0.25) is 0 Å². The van der Waals surface area contributed by atoms with E-state index >= 15 is 0 Å². The van der Waals surface area contributed by atoms with Gasteiger partial charge in [0.05, 0.1) is 17.8 Å². The lowest BCUT2D eigenvalue weighted by molar-refractivity contribution is -0.129. The Kier molecular flexibility index (Phi) is 4.10. The number of aryl methyl sites for hydroxylation is 1. The summed E-state index contributed by atoms with van der Waals surface area (Å²) in [6.45, 7) is 4.14. The van der Waals surface area contributed by atoms with Crippen molar-refractivity contribution >= 4 is 34.1 Å². The first-order valence-electron chi connectivity index (χ1n) is 7.31. The van der Waals surface area contributed by atoms with Gasteiger partial charge in [-0.25, -0.2) is 0 Å². The first-order valence-corrected chi connectivity index (χ1v) is 8.13. The van der Waals surface area contributed by atoms with Crippen molar-refractivity contribution in [2.45, 2.75) is 26.8 Å². The lowest BCUT2D eigenvalue weighted by atomic mass is 10.0. The van der Waals surface area contributed by atoms with E-state index in [0.717, 1.165) is 10.4 Å². The van der Waals surface area contributed by atoms with Crippen molar-refractivity contribution in [2.24, 2.45) is 5.73 Å². The molecule has 2 aromatic heterocycles. The Morgan fingerprint density at radius 1 is 1.42 bits per heavy atom. The molecule has 3 amide bonds. The average Bonchev–Trinajstić information content (AvgIpc) is 3.09. The Labute approximate surface area is 141 Å². The quantitative estimate of drug-likeness (QED) is 0.866. The van der Waals surface area contributed by atoms with E-state index in [1.165, 1.54) is 24.3 Å². The van der Waals surface area contributed by atoms with Gasteiger partial charge in [0.25, 0.3) is 11.8 Å². The normalized spacial score (nSPS) is 13.5. The maximum absolute atomic E-state index is 12.2. The summed E-state index contributed by atoms with van der Waals surface area (Å²) >= 11 is 1.25. The Bertz CT molecular complexity index is 839. The second kappa shape index (κ2) is 6.08. The highest BCUT2D eigenvalue weighted by molar-refractivity contribution is 7.17. The van der Waals surface area contributed by atoms with Gasteiger partial charge in [-0.1, -0.05) is 5.16 Å². The van der Waals surface area contributed by atoms with E-state index in [0.29, 0.717) is 35.8 Å². The van der Waals surface area contributed by atoms with Crippen molar-refractivity contribution in [3.63, 3.8) is 0 Å². The molecule has 126 valence electrons. The largest absolute Gasteiger partial charge is 0.365 e. The van der Waals surface area contributed by atoms with Gasteiger partial charge in [-0.15, -0.1) is 11.3 Å². The third kappa shape index (κ3) is 2.90. The Hall–Kier alpha value is -2.68. The van der Waals surface area contributed by atoms with Gasteiger partial charge in [0.1, 0.15) is 5.00 Å². The molecule has 0 spiro atoms. The van der Waals surface area contributed by atoms with E-state index in [9.17, 15) is 14.4 Å². The number of rotatable bonds is 3. The summed E-state index contributed by atoms with van der Waals surface area (Å²) in [4.78, 5) is 38.2. The number of nitrogens with two attached hydrogens (primary N) is 1. The number of amides is 3. The lowest BCUT2D eigenvalue weighted by Crippen LogP contribution is -2.34. The van der Waals surface area contributed by atoms with E-state index in [1.54, 1.807) is 11.8 Å². The standard InChI is InChI=1S/C15H16N4O4S/c1-7-5-10(23-18-7)14(22)17-15-12(13(16)21)9-3-4-19(8(2)20)6-11(9)24-15/h5H,3-4,6H2,1-2H3,(H2,16,21)(H,17,22). The van der Waals surface area contributed by atoms with Crippen molar-refractivity contribution in [1.29, 1.82) is 0 Å². The van der Waals surface area contributed by atoms with Crippen LogP contribution in [0.4, 0.5) is 5.00 Å². The minimum atomic E-state index is -0.604. The van der Waals surface area contributed by atoms with Crippen LogP contribution in [-0.2, 0) is 17.8 Å². The molecular weight excluding hydrogens is 332 g/mol. The number of hydrogen-bond donors (Lipinski definition) is 2. The second-order valence-corrected chi connectivity index (χ2v) is 6.65. The van der Waals surface area contributed by atoms with Crippen LogP contribution in [0, 0.1) is 6.92 Å². The zero-order valence-corrected chi connectivity index (χ0v) is 14.0. The number of anilines is 1. The summed E-state index contributed by atoms with van der Waals surface area (Å²) in [7, 11) is 0. The van der Waals surface area contributed by atoms with Gasteiger partial charge < -0.3 is 20.5 Å². The Morgan fingerprint density at radius 3 is 2.75 bits per heavy atom. The van der Waals surface area contributed by atoms with Crippen LogP contribution < -0.4 is 11.1 Å². The first-order chi connectivity index (χ1) is 11.4. The van der Waals surface area contributed by atoms with E-state index in [2.05, 4.69) is 10.5 Å². The summed E-state index contributed by atoms with van der Waals surface area (Å²) in [5.41, 5.74) is 7.19. The monoisotopic (exact) mass is 348 g/mol. The topological polar surface area (TPSA) is 119 Å². The first kappa shape index (κ1) is 16.2. The molecule has 3 heterocycles. The van der Waals surface area contributed by atoms with Gasteiger partial charge in [-0.05, 0) is 18.9 Å². The van der Waals surface area contributed by atoms with Crippen LogP contribution in [0.25, 0.3) is 0 Å². The molecule has 0 unspecified atom stereocenters. The van der Waals surface area contributed by atoms with Gasteiger partial charge in [0.2, 0.25) is 11.7 Å². The molecule has 1 aliphatic heterocycles. The van der Waals surface area contributed by atoms with E-state index in [1.807, 2.05) is 0 Å². The highest BCUT2D eigenvalue weighted by atomic mass is 32.1. The van der Waals surface area contributed by atoms with Gasteiger partial charge >= 0.3 is 0 Å². The zero-order chi connectivity index (χ0) is 17.4. The molecule has 0 bridgehead atoms. The number of hydrogen-bond acceptors (Lipinski definition) is 6. The number of fused-ring (bicyclic) bond motifs is 1. The second-order valence-electron chi connectivity index (χ2n) is 5.55. The Morgan fingerprint density at radius 2 is 2.17 bits per heavy atom. The SMILES string of the molecule is CC(=O)N1CCc2c(sc(NC(=O)c3cc(C)no3)c2C(N)=O)C1. The van der Waals surface area contributed by atoms with Crippen LogP contribution in [0.3, 0.4) is 0 Å². The van der Waals surface area contributed by atoms with Crippen LogP contribution in [-0.4, -0.2) is 34.3 Å². The van der Waals surface area contributed by atoms with Crippen molar-refractivity contribution in [3.8, 4) is 0 Å². The van der Waals surface area contributed by atoms with Gasteiger partial charge in [-0.2, -0.15) is 0 Å². The number of carbonyl (C=O) groups excluding carboxylic acids is 3. The molecule has 8 nitrogen and oxygen atoms in total. The molecule has 0 saturated heterocycles. The number of thiophene rings is 1. The van der Waals surface area contributed by atoms with Gasteiger partial charge in [0.15, 0.2) is 0 Å². The van der Waals surface area contributed by atoms with Crippen LogP contribution in [0.15, 0.2) is 10.6 Å². The number of nitrogens with one attached hydrogen (secondary N) is 1. The van der Waals surface area contributed by atoms with E-state index in [-0.39, 0.29) is 11.7 Å². The minimum Gasteiger partial charge on any atom is -0.365 e. The molecule has 0 saturated carbocycles. The average molecular weight is 348 g/mol. The maximum atomic E-state index is 12.2. The fraction of sp³-hybridized carbons (Fsp3) is 0.333. The summed E-state index contributed by atoms with van der Waals surface area (Å²) in [5, 5.41) is 6.70. The summed E-state index contributed by atoms with van der Waals surface area (Å²) in [6, 6.07) is 1.50. The smallest absolute Gasteiger partial charge is 0.294 e. The molecule has 1 aliphatic rings. The van der Waals surface area contributed by atoms with E-state index < -0.39 is 11.8 Å². The van der Waals surface area contributed by atoms with Crippen molar-refractivity contribution in [2.75, 3.05) is 11.9 Å². The molecule has 24 heavy (non-hydrogen) atoms. The highest BCUT2D eigenvalue weighted by Crippen LogP contribution is 2.37. The minimum absolute atomic E-state index is 0.0302. The fourth-order valence-electron chi connectivity index (χ4n) is 2.66. The number of nitrogens with zero attached hydrogens (tertiary/aromatic N) is 2. The molecule has 3 N–H and O–H groups in total. The van der Waals surface area contributed by atoms with Crippen LogP contribution in [0.5, 0.6) is 0 Å². The lowest BCUT2D eigenvalue weighted by Gasteiger charge is -2.25. The van der Waals surface area contributed by atoms with Crippen molar-refractivity contribution in [1.82, 2.24) is 10.1 Å². The third-order valence-corrected chi connectivity index (χ3v) is 4.96. The summed E-state index contributed by atoms with van der Waals surface area (Å²) in [5.74, 6) is -1.08. The molecule has 0 atom stereocenters. The van der Waals surface area contributed by atoms with E-state index in [4.69, 9.17) is 10.3 Å². The predicted octanol–water partition coefficient (Wildman–Crippen LogP) is 1.30. The van der Waals surface area contributed by atoms with Gasteiger partial charge in [0, 0.05) is 24.4 Å². The summed E-state index contributed by atoms with van der Waals surface area (Å²) < 4.78 is 4.92. The molecule has 0 aromatic carbocycles. The molecule has 0 aliphatic carbocycles. The Balaban J connectivity index is 1.92.